The molecular weight excluding hydrogens is 242 g/mol. The van der Waals surface area contributed by atoms with E-state index in [0.29, 0.717) is 6.54 Å². The maximum absolute atomic E-state index is 10.6. The SMILES string of the molecule is O=[N+]([O-])c1ccc(C2=NCc3ccccc3N2)cc1. The molecule has 0 atom stereocenters. The van der Waals surface area contributed by atoms with Crippen LogP contribution in [0, 0.1) is 10.1 Å². The number of anilines is 1. The van der Waals surface area contributed by atoms with Crippen LogP contribution in [0.25, 0.3) is 0 Å². The number of rotatable bonds is 2. The molecule has 1 N–H and O–H groups in total. The number of benzene rings is 2. The fourth-order valence-electron chi connectivity index (χ4n) is 2.02. The van der Waals surface area contributed by atoms with Gasteiger partial charge in [-0.1, -0.05) is 18.2 Å². The first kappa shape index (κ1) is 11.4. The molecule has 5 heteroatoms. The number of nitro groups is 1. The van der Waals surface area contributed by atoms with Crippen LogP contribution < -0.4 is 5.32 Å². The monoisotopic (exact) mass is 253 g/mol. The number of non-ortho nitro benzene ring substituents is 1. The minimum atomic E-state index is -0.408. The van der Waals surface area contributed by atoms with Crippen molar-refractivity contribution in [1.29, 1.82) is 0 Å². The summed E-state index contributed by atoms with van der Waals surface area (Å²) in [6.45, 7) is 0.621. The second-order valence-corrected chi connectivity index (χ2v) is 4.25. The summed E-state index contributed by atoms with van der Waals surface area (Å²) in [4.78, 5) is 14.7. The zero-order chi connectivity index (χ0) is 13.2. The Morgan fingerprint density at radius 3 is 2.58 bits per heavy atom. The molecule has 0 unspecified atom stereocenters. The number of fused-ring (bicyclic) bond motifs is 1. The van der Waals surface area contributed by atoms with E-state index >= 15 is 0 Å². The van der Waals surface area contributed by atoms with E-state index in [-0.39, 0.29) is 5.69 Å². The predicted octanol–water partition coefficient (Wildman–Crippen LogP) is 2.97. The number of nitro benzene ring substituents is 1. The quantitative estimate of drug-likeness (QED) is 0.660. The fraction of sp³-hybridized carbons (Fsp3) is 0.0714. The largest absolute Gasteiger partial charge is 0.340 e. The minimum Gasteiger partial charge on any atom is -0.340 e. The standard InChI is InChI=1S/C14H11N3O2/c18-17(19)12-7-5-10(6-8-12)14-15-9-11-3-1-2-4-13(11)16-14/h1-8H,9H2,(H,15,16). The van der Waals surface area contributed by atoms with Crippen molar-refractivity contribution in [2.24, 2.45) is 4.99 Å². The van der Waals surface area contributed by atoms with Gasteiger partial charge >= 0.3 is 0 Å². The highest BCUT2D eigenvalue weighted by atomic mass is 16.6. The molecule has 0 spiro atoms. The van der Waals surface area contributed by atoms with Crippen molar-refractivity contribution in [1.82, 2.24) is 0 Å². The molecule has 19 heavy (non-hydrogen) atoms. The van der Waals surface area contributed by atoms with Crippen molar-refractivity contribution in [3.8, 4) is 0 Å². The van der Waals surface area contributed by atoms with Gasteiger partial charge in [-0.3, -0.25) is 15.1 Å². The average molecular weight is 253 g/mol. The maximum atomic E-state index is 10.6. The first-order chi connectivity index (χ1) is 9.24. The molecule has 0 radical (unpaired) electrons. The lowest BCUT2D eigenvalue weighted by Crippen LogP contribution is -2.18. The van der Waals surface area contributed by atoms with E-state index in [2.05, 4.69) is 10.3 Å². The summed E-state index contributed by atoms with van der Waals surface area (Å²) in [5, 5.41) is 13.9. The summed E-state index contributed by atoms with van der Waals surface area (Å²) in [6.07, 6.45) is 0. The van der Waals surface area contributed by atoms with Crippen molar-refractivity contribution in [2.75, 3.05) is 5.32 Å². The van der Waals surface area contributed by atoms with Gasteiger partial charge in [0.05, 0.1) is 11.5 Å². The molecule has 1 aliphatic heterocycles. The van der Waals surface area contributed by atoms with E-state index in [1.807, 2.05) is 24.3 Å². The van der Waals surface area contributed by atoms with Crippen LogP contribution in [0.5, 0.6) is 0 Å². The lowest BCUT2D eigenvalue weighted by molar-refractivity contribution is -0.384. The van der Waals surface area contributed by atoms with Gasteiger partial charge in [-0.05, 0) is 23.8 Å². The van der Waals surface area contributed by atoms with Gasteiger partial charge in [0.15, 0.2) is 0 Å². The van der Waals surface area contributed by atoms with Crippen molar-refractivity contribution in [3.63, 3.8) is 0 Å². The van der Waals surface area contributed by atoms with Crippen LogP contribution in [-0.2, 0) is 6.54 Å². The third-order valence-electron chi connectivity index (χ3n) is 3.03. The number of amidine groups is 1. The number of hydrogen-bond donors (Lipinski definition) is 1. The molecule has 1 heterocycles. The molecule has 5 nitrogen and oxygen atoms in total. The van der Waals surface area contributed by atoms with Gasteiger partial charge in [-0.25, -0.2) is 0 Å². The van der Waals surface area contributed by atoms with E-state index < -0.39 is 4.92 Å². The first-order valence-electron chi connectivity index (χ1n) is 5.88. The Labute approximate surface area is 109 Å². The first-order valence-corrected chi connectivity index (χ1v) is 5.88. The van der Waals surface area contributed by atoms with Crippen molar-refractivity contribution in [2.45, 2.75) is 6.54 Å². The Morgan fingerprint density at radius 1 is 1.11 bits per heavy atom. The van der Waals surface area contributed by atoms with E-state index in [4.69, 9.17) is 0 Å². The third kappa shape index (κ3) is 2.18. The van der Waals surface area contributed by atoms with Crippen LogP contribution in [-0.4, -0.2) is 10.8 Å². The molecule has 0 amide bonds. The summed E-state index contributed by atoms with van der Waals surface area (Å²) in [5.74, 6) is 0.744. The Hall–Kier alpha value is -2.69. The molecule has 3 rings (SSSR count). The van der Waals surface area contributed by atoms with Gasteiger partial charge in [0.25, 0.3) is 5.69 Å². The highest BCUT2D eigenvalue weighted by molar-refractivity contribution is 6.09. The Morgan fingerprint density at radius 2 is 1.84 bits per heavy atom. The van der Waals surface area contributed by atoms with Crippen LogP contribution in [0.4, 0.5) is 11.4 Å². The van der Waals surface area contributed by atoms with Gasteiger partial charge in [0.1, 0.15) is 5.84 Å². The highest BCUT2D eigenvalue weighted by Gasteiger charge is 2.13. The zero-order valence-electron chi connectivity index (χ0n) is 10.0. The number of para-hydroxylation sites is 1. The molecule has 0 bridgehead atoms. The molecule has 2 aromatic rings. The lowest BCUT2D eigenvalue weighted by atomic mass is 10.1. The summed E-state index contributed by atoms with van der Waals surface area (Å²) in [7, 11) is 0. The second kappa shape index (κ2) is 4.53. The van der Waals surface area contributed by atoms with Gasteiger partial charge in [0, 0.05) is 23.4 Å². The van der Waals surface area contributed by atoms with Crippen molar-refractivity contribution >= 4 is 17.2 Å². The van der Waals surface area contributed by atoms with E-state index in [9.17, 15) is 10.1 Å². The third-order valence-corrected chi connectivity index (χ3v) is 3.03. The normalized spacial score (nSPS) is 13.2. The summed E-state index contributed by atoms with van der Waals surface area (Å²) in [5.41, 5.74) is 3.11. The molecule has 0 aliphatic carbocycles. The molecule has 1 aliphatic rings. The lowest BCUT2D eigenvalue weighted by Gasteiger charge is -2.18. The Balaban J connectivity index is 1.88. The fourth-order valence-corrected chi connectivity index (χ4v) is 2.02. The van der Waals surface area contributed by atoms with Gasteiger partial charge in [0.2, 0.25) is 0 Å². The topological polar surface area (TPSA) is 67.5 Å². The predicted molar refractivity (Wildman–Crippen MR) is 73.4 cm³/mol. The maximum Gasteiger partial charge on any atom is 0.269 e. The van der Waals surface area contributed by atoms with Crippen LogP contribution in [0.3, 0.4) is 0 Å². The summed E-state index contributed by atoms with van der Waals surface area (Å²) in [6, 6.07) is 14.3. The molecule has 0 fully saturated rings. The summed E-state index contributed by atoms with van der Waals surface area (Å²) >= 11 is 0. The Kier molecular flexibility index (Phi) is 2.72. The number of nitrogens with zero attached hydrogens (tertiary/aromatic N) is 2. The molecule has 0 saturated heterocycles. The van der Waals surface area contributed by atoms with Gasteiger partial charge in [-0.15, -0.1) is 0 Å². The highest BCUT2D eigenvalue weighted by Crippen LogP contribution is 2.22. The number of nitrogens with one attached hydrogen (secondary N) is 1. The van der Waals surface area contributed by atoms with Gasteiger partial charge < -0.3 is 5.32 Å². The van der Waals surface area contributed by atoms with Crippen LogP contribution in [0.2, 0.25) is 0 Å². The van der Waals surface area contributed by atoms with E-state index in [1.165, 1.54) is 12.1 Å². The van der Waals surface area contributed by atoms with E-state index in [0.717, 1.165) is 22.6 Å². The zero-order valence-corrected chi connectivity index (χ0v) is 10.0. The molecule has 94 valence electrons. The van der Waals surface area contributed by atoms with Crippen LogP contribution >= 0.6 is 0 Å². The van der Waals surface area contributed by atoms with Crippen LogP contribution in [0.15, 0.2) is 53.5 Å². The Bertz CT molecular complexity index is 663. The minimum absolute atomic E-state index is 0.0839. The smallest absolute Gasteiger partial charge is 0.269 e. The van der Waals surface area contributed by atoms with E-state index in [1.54, 1.807) is 12.1 Å². The number of hydrogen-bond acceptors (Lipinski definition) is 4. The molecule has 0 saturated carbocycles. The summed E-state index contributed by atoms with van der Waals surface area (Å²) < 4.78 is 0. The van der Waals surface area contributed by atoms with Crippen molar-refractivity contribution in [3.05, 3.63) is 69.8 Å². The van der Waals surface area contributed by atoms with Gasteiger partial charge in [-0.2, -0.15) is 0 Å². The molecular formula is C14H11N3O2. The molecule has 2 aromatic carbocycles. The van der Waals surface area contributed by atoms with Crippen molar-refractivity contribution < 1.29 is 4.92 Å². The second-order valence-electron chi connectivity index (χ2n) is 4.25. The molecule has 0 aromatic heterocycles. The van der Waals surface area contributed by atoms with Crippen LogP contribution in [0.1, 0.15) is 11.1 Å². The average Bonchev–Trinajstić information content (AvgIpc) is 2.47. The number of aliphatic imine (C=N–C) groups is 1.